The highest BCUT2D eigenvalue weighted by atomic mass is 32.1. The number of benzene rings is 2. The molecule has 0 spiro atoms. The van der Waals surface area contributed by atoms with Gasteiger partial charge >= 0.3 is 6.09 Å². The van der Waals surface area contributed by atoms with Crippen LogP contribution in [0.2, 0.25) is 0 Å². The number of thiazole rings is 1. The Morgan fingerprint density at radius 2 is 2.07 bits per heavy atom. The zero-order valence-corrected chi connectivity index (χ0v) is 18.1. The lowest BCUT2D eigenvalue weighted by molar-refractivity contribution is 0.0964. The van der Waals surface area contributed by atoms with Gasteiger partial charge in [0, 0.05) is 23.9 Å². The van der Waals surface area contributed by atoms with Gasteiger partial charge in [0.15, 0.2) is 0 Å². The van der Waals surface area contributed by atoms with Gasteiger partial charge in [0.2, 0.25) is 0 Å². The number of amides is 1. The van der Waals surface area contributed by atoms with Gasteiger partial charge in [0.1, 0.15) is 0 Å². The first-order valence-corrected chi connectivity index (χ1v) is 11.6. The van der Waals surface area contributed by atoms with Crippen LogP contribution in [-0.4, -0.2) is 33.7 Å². The number of nitrogens with zero attached hydrogens (tertiary/aromatic N) is 2. The van der Waals surface area contributed by atoms with Gasteiger partial charge in [-0.05, 0) is 41.7 Å². The van der Waals surface area contributed by atoms with Gasteiger partial charge in [-0.15, -0.1) is 11.3 Å². The van der Waals surface area contributed by atoms with Crippen LogP contribution in [-0.2, 0) is 0 Å². The molecule has 2 unspecified atom stereocenters. The lowest BCUT2D eigenvalue weighted by Gasteiger charge is -2.37. The second-order valence-electron chi connectivity index (χ2n) is 8.01. The molecule has 1 saturated heterocycles. The minimum absolute atomic E-state index is 0.111. The van der Waals surface area contributed by atoms with E-state index in [1.54, 1.807) is 16.2 Å². The van der Waals surface area contributed by atoms with Gasteiger partial charge in [-0.1, -0.05) is 68.3 Å². The van der Waals surface area contributed by atoms with Crippen molar-refractivity contribution in [2.24, 2.45) is 0 Å². The Bertz CT molecular complexity index is 1040. The van der Waals surface area contributed by atoms with Crippen LogP contribution in [0.3, 0.4) is 0 Å². The van der Waals surface area contributed by atoms with Crippen molar-refractivity contribution in [3.05, 3.63) is 64.1 Å². The quantitative estimate of drug-likeness (QED) is 0.473. The molecule has 2 atom stereocenters. The van der Waals surface area contributed by atoms with Crippen molar-refractivity contribution in [3.63, 3.8) is 0 Å². The van der Waals surface area contributed by atoms with E-state index in [0.717, 1.165) is 42.8 Å². The third kappa shape index (κ3) is 4.57. The maximum atomic E-state index is 11.6. The number of carboxylic acid groups (broad SMARTS) is 1. The molecule has 30 heavy (non-hydrogen) atoms. The van der Waals surface area contributed by atoms with Crippen molar-refractivity contribution in [1.29, 1.82) is 0 Å². The van der Waals surface area contributed by atoms with Crippen molar-refractivity contribution in [2.75, 3.05) is 6.54 Å². The highest BCUT2D eigenvalue weighted by Crippen LogP contribution is 2.35. The molecular weight excluding hydrogens is 392 g/mol. The van der Waals surface area contributed by atoms with Gasteiger partial charge < -0.3 is 10.0 Å². The van der Waals surface area contributed by atoms with Crippen molar-refractivity contribution in [2.45, 2.75) is 51.0 Å². The van der Waals surface area contributed by atoms with Crippen molar-refractivity contribution >= 4 is 40.4 Å². The van der Waals surface area contributed by atoms with E-state index in [4.69, 9.17) is 4.98 Å². The fraction of sp³-hybridized carbons (Fsp3) is 0.360. The molecule has 0 aliphatic carbocycles. The molecule has 2 aromatic carbocycles. The zero-order chi connectivity index (χ0) is 20.9. The Morgan fingerprint density at radius 1 is 1.23 bits per heavy atom. The highest BCUT2D eigenvalue weighted by Gasteiger charge is 2.32. The lowest BCUT2D eigenvalue weighted by atomic mass is 9.89. The minimum atomic E-state index is -0.785. The molecule has 0 bridgehead atoms. The van der Waals surface area contributed by atoms with E-state index in [2.05, 4.69) is 66.9 Å². The molecule has 156 valence electrons. The number of likely N-dealkylation sites (tertiary alicyclic amines) is 1. The van der Waals surface area contributed by atoms with E-state index in [1.165, 1.54) is 16.3 Å². The van der Waals surface area contributed by atoms with Crippen LogP contribution in [0, 0.1) is 0 Å². The number of aromatic nitrogens is 1. The molecule has 1 amide bonds. The SMILES string of the molecule is CCCCC1CC(c2nc(/C=C\c3cccc4ccccc34)cs2)CCN1C(=O)O. The van der Waals surface area contributed by atoms with E-state index in [0.29, 0.717) is 12.5 Å². The van der Waals surface area contributed by atoms with Crippen molar-refractivity contribution in [3.8, 4) is 0 Å². The third-order valence-electron chi connectivity index (χ3n) is 6.00. The number of rotatable bonds is 6. The maximum Gasteiger partial charge on any atom is 0.407 e. The first-order valence-electron chi connectivity index (χ1n) is 10.8. The molecule has 3 aromatic rings. The number of hydrogen-bond acceptors (Lipinski definition) is 3. The molecule has 1 N–H and O–H groups in total. The first kappa shape index (κ1) is 20.6. The Morgan fingerprint density at radius 3 is 2.90 bits per heavy atom. The van der Waals surface area contributed by atoms with Gasteiger partial charge in [-0.3, -0.25) is 0 Å². The molecular formula is C25H28N2O2S. The van der Waals surface area contributed by atoms with Crippen LogP contribution in [0.1, 0.15) is 61.2 Å². The van der Waals surface area contributed by atoms with Crippen LogP contribution < -0.4 is 0 Å². The number of unbranched alkanes of at least 4 members (excludes halogenated alkanes) is 1. The standard InChI is InChI=1S/C25H28N2O2S/c1-2-3-10-22-16-20(14-15-27(22)25(28)29)24-26-21(17-30-24)13-12-19-9-6-8-18-7-4-5-11-23(18)19/h4-9,11-13,17,20,22H,2-3,10,14-16H2,1H3,(H,28,29)/b13-12-. The molecule has 0 saturated carbocycles. The molecule has 0 radical (unpaired) electrons. The summed E-state index contributed by atoms with van der Waals surface area (Å²) in [6.07, 6.45) is 8.28. The third-order valence-corrected chi connectivity index (χ3v) is 7.02. The van der Waals surface area contributed by atoms with Crippen LogP contribution in [0.4, 0.5) is 4.79 Å². The summed E-state index contributed by atoms with van der Waals surface area (Å²) in [5.74, 6) is 0.354. The summed E-state index contributed by atoms with van der Waals surface area (Å²) in [7, 11) is 0. The minimum Gasteiger partial charge on any atom is -0.465 e. The van der Waals surface area contributed by atoms with Crippen LogP contribution in [0.5, 0.6) is 0 Å². The number of hydrogen-bond donors (Lipinski definition) is 1. The summed E-state index contributed by atoms with van der Waals surface area (Å²) >= 11 is 1.70. The van der Waals surface area contributed by atoms with Gasteiger partial charge in [0.25, 0.3) is 0 Å². The van der Waals surface area contributed by atoms with Crippen LogP contribution in [0.25, 0.3) is 22.9 Å². The molecule has 1 fully saturated rings. The first-order chi connectivity index (χ1) is 14.7. The summed E-state index contributed by atoms with van der Waals surface area (Å²) in [6.45, 7) is 2.76. The predicted molar refractivity (Wildman–Crippen MR) is 125 cm³/mol. The summed E-state index contributed by atoms with van der Waals surface area (Å²) in [5.41, 5.74) is 2.17. The summed E-state index contributed by atoms with van der Waals surface area (Å²) in [5, 5.41) is 15.3. The molecule has 2 heterocycles. The lowest BCUT2D eigenvalue weighted by Crippen LogP contribution is -2.45. The number of carbonyl (C=O) groups is 1. The van der Waals surface area contributed by atoms with Crippen LogP contribution in [0.15, 0.2) is 47.8 Å². The molecule has 1 aromatic heterocycles. The fourth-order valence-electron chi connectivity index (χ4n) is 4.38. The predicted octanol–water partition coefficient (Wildman–Crippen LogP) is 6.88. The molecule has 4 rings (SSSR count). The Balaban J connectivity index is 1.48. The highest BCUT2D eigenvalue weighted by molar-refractivity contribution is 7.09. The average Bonchev–Trinajstić information content (AvgIpc) is 3.25. The number of piperidine rings is 1. The Hall–Kier alpha value is -2.66. The molecule has 5 heteroatoms. The molecule has 1 aliphatic heterocycles. The monoisotopic (exact) mass is 420 g/mol. The average molecular weight is 421 g/mol. The van der Waals surface area contributed by atoms with E-state index >= 15 is 0 Å². The second-order valence-corrected chi connectivity index (χ2v) is 8.90. The van der Waals surface area contributed by atoms with E-state index in [-0.39, 0.29) is 6.04 Å². The summed E-state index contributed by atoms with van der Waals surface area (Å²) in [6, 6.07) is 14.9. The van der Waals surface area contributed by atoms with Crippen molar-refractivity contribution < 1.29 is 9.90 Å². The van der Waals surface area contributed by atoms with Crippen LogP contribution >= 0.6 is 11.3 Å². The second kappa shape index (κ2) is 9.43. The van der Waals surface area contributed by atoms with Gasteiger partial charge in [-0.2, -0.15) is 0 Å². The molecule has 4 nitrogen and oxygen atoms in total. The van der Waals surface area contributed by atoms with E-state index in [1.807, 2.05) is 0 Å². The smallest absolute Gasteiger partial charge is 0.407 e. The molecule has 1 aliphatic rings. The maximum absolute atomic E-state index is 11.6. The number of fused-ring (bicyclic) bond motifs is 1. The fourth-order valence-corrected chi connectivity index (χ4v) is 5.31. The Kier molecular flexibility index (Phi) is 6.48. The van der Waals surface area contributed by atoms with Gasteiger partial charge in [0.05, 0.1) is 10.7 Å². The van der Waals surface area contributed by atoms with Gasteiger partial charge in [-0.25, -0.2) is 9.78 Å². The topological polar surface area (TPSA) is 53.4 Å². The summed E-state index contributed by atoms with van der Waals surface area (Å²) in [4.78, 5) is 18.1. The van der Waals surface area contributed by atoms with E-state index in [9.17, 15) is 9.90 Å². The Labute approximate surface area is 181 Å². The van der Waals surface area contributed by atoms with E-state index < -0.39 is 6.09 Å². The zero-order valence-electron chi connectivity index (χ0n) is 17.3. The summed E-state index contributed by atoms with van der Waals surface area (Å²) < 4.78 is 0. The normalized spacial score (nSPS) is 19.6. The van der Waals surface area contributed by atoms with Crippen molar-refractivity contribution in [1.82, 2.24) is 9.88 Å². The largest absolute Gasteiger partial charge is 0.465 e.